The highest BCUT2D eigenvalue weighted by Gasteiger charge is 2.95. The van der Waals surface area contributed by atoms with Gasteiger partial charge in [-0.15, -0.1) is 0 Å². The Hall–Kier alpha value is -1.16. The number of carbonyl (C=O) groups is 1. The summed E-state index contributed by atoms with van der Waals surface area (Å²) in [7, 11) is 0. The SMILES string of the molecule is CCCN(CCC)[C@H](C(=O)N1[C@H](C#N)C2C3[C@H]1[C@]23N)C12CC3CC1CC(O)(C3)C2. The van der Waals surface area contributed by atoms with Crippen molar-refractivity contribution >= 4 is 5.91 Å². The number of aliphatic hydroxyl groups is 1. The molecule has 0 spiro atoms. The number of rotatable bonds is 7. The van der Waals surface area contributed by atoms with Gasteiger partial charge in [0.25, 0.3) is 0 Å². The van der Waals surface area contributed by atoms with Gasteiger partial charge in [-0.05, 0) is 69.9 Å². The number of nitrogens with two attached hydrogens (primary N) is 1. The lowest BCUT2D eigenvalue weighted by molar-refractivity contribution is -0.145. The summed E-state index contributed by atoms with van der Waals surface area (Å²) >= 11 is 0. The molecule has 0 aromatic carbocycles. The zero-order valence-corrected chi connectivity index (χ0v) is 17.7. The molecule has 8 aliphatic rings. The van der Waals surface area contributed by atoms with E-state index in [4.69, 9.17) is 5.73 Å². The Morgan fingerprint density at radius 1 is 1.28 bits per heavy atom. The minimum atomic E-state index is -0.573. The fourth-order valence-corrected chi connectivity index (χ4v) is 9.04. The van der Waals surface area contributed by atoms with Gasteiger partial charge in [-0.1, -0.05) is 13.8 Å². The van der Waals surface area contributed by atoms with Crippen molar-refractivity contribution in [3.63, 3.8) is 0 Å². The van der Waals surface area contributed by atoms with Crippen LogP contribution in [0.1, 0.15) is 58.8 Å². The quantitative estimate of drug-likeness (QED) is 0.677. The highest BCUT2D eigenvalue weighted by Crippen LogP contribution is 2.79. The number of nitrogens with zero attached hydrogens (tertiary/aromatic N) is 3. The molecule has 8 fully saturated rings. The molecule has 0 radical (unpaired) electrons. The van der Waals surface area contributed by atoms with Crippen molar-refractivity contribution in [2.24, 2.45) is 34.8 Å². The topological polar surface area (TPSA) is 93.6 Å². The molecule has 29 heavy (non-hydrogen) atoms. The Kier molecular flexibility index (Phi) is 3.56. The predicted octanol–water partition coefficient (Wildman–Crippen LogP) is 1.48. The van der Waals surface area contributed by atoms with Crippen molar-refractivity contribution in [2.75, 3.05) is 13.1 Å². The monoisotopic (exact) mass is 398 g/mol. The maximum atomic E-state index is 14.2. The molecule has 158 valence electrons. The molecule has 6 nitrogen and oxygen atoms in total. The van der Waals surface area contributed by atoms with Crippen molar-refractivity contribution in [1.82, 2.24) is 9.80 Å². The van der Waals surface area contributed by atoms with Crippen LogP contribution in [-0.2, 0) is 4.79 Å². The van der Waals surface area contributed by atoms with Gasteiger partial charge in [-0.3, -0.25) is 9.69 Å². The second-order valence-electron chi connectivity index (χ2n) is 11.3. The van der Waals surface area contributed by atoms with Gasteiger partial charge in [0.05, 0.1) is 23.8 Å². The van der Waals surface area contributed by atoms with Gasteiger partial charge in [-0.2, -0.15) is 5.26 Å². The molecule has 1 amide bonds. The Morgan fingerprint density at radius 2 is 1.97 bits per heavy atom. The van der Waals surface area contributed by atoms with Crippen LogP contribution < -0.4 is 5.73 Å². The average molecular weight is 399 g/mol. The highest BCUT2D eigenvalue weighted by molar-refractivity contribution is 5.87. The van der Waals surface area contributed by atoms with Crippen LogP contribution in [0, 0.1) is 40.4 Å². The van der Waals surface area contributed by atoms with Gasteiger partial charge in [-0.25, -0.2) is 0 Å². The molecule has 2 heterocycles. The fourth-order valence-electron chi connectivity index (χ4n) is 9.04. The largest absolute Gasteiger partial charge is 0.390 e. The van der Waals surface area contributed by atoms with E-state index in [-0.39, 0.29) is 40.9 Å². The van der Waals surface area contributed by atoms with E-state index in [2.05, 4.69) is 24.8 Å². The summed E-state index contributed by atoms with van der Waals surface area (Å²) in [6, 6.07) is 1.96. The van der Waals surface area contributed by atoms with Crippen molar-refractivity contribution in [2.45, 2.75) is 88.1 Å². The molecule has 3 N–H and O–H groups in total. The van der Waals surface area contributed by atoms with Crippen LogP contribution in [-0.4, -0.2) is 63.2 Å². The van der Waals surface area contributed by atoms with Crippen LogP contribution >= 0.6 is 0 Å². The number of piperidine rings is 1. The lowest BCUT2D eigenvalue weighted by Crippen LogP contribution is -2.59. The molecule has 0 aromatic rings. The van der Waals surface area contributed by atoms with E-state index in [1.54, 1.807) is 0 Å². The zero-order chi connectivity index (χ0) is 20.3. The van der Waals surface area contributed by atoms with E-state index in [1.807, 2.05) is 4.90 Å². The molecule has 6 bridgehead atoms. The van der Waals surface area contributed by atoms with Gasteiger partial charge < -0.3 is 15.7 Å². The van der Waals surface area contributed by atoms with E-state index in [1.165, 1.54) is 0 Å². The third-order valence-electron chi connectivity index (χ3n) is 9.72. The highest BCUT2D eigenvalue weighted by atomic mass is 16.3. The van der Waals surface area contributed by atoms with Gasteiger partial charge in [0.1, 0.15) is 6.04 Å². The van der Waals surface area contributed by atoms with Crippen molar-refractivity contribution in [1.29, 1.82) is 5.26 Å². The number of carbonyl (C=O) groups excluding carboxylic acids is 1. The summed E-state index contributed by atoms with van der Waals surface area (Å²) in [6.45, 7) is 6.16. The number of nitriles is 1. The van der Waals surface area contributed by atoms with Gasteiger partial charge in [0.15, 0.2) is 0 Å². The van der Waals surface area contributed by atoms with Crippen molar-refractivity contribution in [3.05, 3.63) is 0 Å². The Bertz CT molecular complexity index is 805. The van der Waals surface area contributed by atoms with Crippen LogP contribution in [0.15, 0.2) is 0 Å². The molecular formula is C23H34N4O2. The van der Waals surface area contributed by atoms with E-state index in [0.717, 1.165) is 58.0 Å². The molecule has 8 rings (SSSR count). The summed E-state index contributed by atoms with van der Waals surface area (Å²) in [4.78, 5) is 18.6. The molecule has 10 atom stereocenters. The first-order chi connectivity index (χ1) is 13.8. The first-order valence-electron chi connectivity index (χ1n) is 11.8. The lowest BCUT2D eigenvalue weighted by atomic mass is 9.68. The van der Waals surface area contributed by atoms with Gasteiger partial charge in [0, 0.05) is 22.8 Å². The smallest absolute Gasteiger partial charge is 0.241 e. The minimum absolute atomic E-state index is 0.0903. The van der Waals surface area contributed by atoms with Gasteiger partial charge >= 0.3 is 0 Å². The van der Waals surface area contributed by atoms with Crippen LogP contribution in [0.5, 0.6) is 0 Å². The number of fused-ring (bicyclic) bond motifs is 1. The Balaban J connectivity index is 1.39. The lowest BCUT2D eigenvalue weighted by Gasteiger charge is -2.47. The second-order valence-corrected chi connectivity index (χ2v) is 11.3. The molecule has 2 aliphatic heterocycles. The third-order valence-corrected chi connectivity index (χ3v) is 9.72. The van der Waals surface area contributed by atoms with Gasteiger partial charge in [0.2, 0.25) is 5.91 Å². The number of amides is 1. The second kappa shape index (κ2) is 5.55. The van der Waals surface area contributed by atoms with E-state index in [9.17, 15) is 15.2 Å². The van der Waals surface area contributed by atoms with E-state index >= 15 is 0 Å². The predicted molar refractivity (Wildman–Crippen MR) is 107 cm³/mol. The summed E-state index contributed by atoms with van der Waals surface area (Å²) in [5, 5.41) is 21.0. The summed E-state index contributed by atoms with van der Waals surface area (Å²) in [5.74, 6) is 1.70. The molecule has 2 saturated heterocycles. The fraction of sp³-hybridized carbons (Fsp3) is 0.913. The molecule has 6 aliphatic carbocycles. The Labute approximate surface area is 173 Å². The molecule has 6 heteroatoms. The first kappa shape index (κ1) is 18.6. The normalized spacial score (nSPS) is 53.3. The average Bonchev–Trinajstić information content (AvgIpc) is 3.19. The molecule has 6 unspecified atom stereocenters. The van der Waals surface area contributed by atoms with E-state index < -0.39 is 5.60 Å². The number of hydrogen-bond donors (Lipinski definition) is 2. The minimum Gasteiger partial charge on any atom is -0.390 e. The molecule has 0 aromatic heterocycles. The maximum Gasteiger partial charge on any atom is 0.241 e. The summed E-state index contributed by atoms with van der Waals surface area (Å²) in [6.07, 6.45) is 6.78. The maximum absolute atomic E-state index is 14.2. The summed E-state index contributed by atoms with van der Waals surface area (Å²) in [5.41, 5.74) is 5.53. The van der Waals surface area contributed by atoms with Crippen LogP contribution in [0.2, 0.25) is 0 Å². The van der Waals surface area contributed by atoms with E-state index in [0.29, 0.717) is 17.8 Å². The molecule has 6 saturated carbocycles. The van der Waals surface area contributed by atoms with Crippen LogP contribution in [0.3, 0.4) is 0 Å². The Morgan fingerprint density at radius 3 is 2.55 bits per heavy atom. The zero-order valence-electron chi connectivity index (χ0n) is 17.7. The molecular weight excluding hydrogens is 364 g/mol. The first-order valence-corrected chi connectivity index (χ1v) is 11.8. The summed E-state index contributed by atoms with van der Waals surface area (Å²) < 4.78 is 0. The van der Waals surface area contributed by atoms with Crippen molar-refractivity contribution in [3.8, 4) is 6.07 Å². The number of hydrogen-bond acceptors (Lipinski definition) is 5. The standard InChI is InChI=1S/C23H34N4O2/c1-3-5-26(6-4-2)19(22-9-13-7-14(22)10-21(29,8-13)12-22)20(28)27-15(11-24)16-17-18(27)23(16,17)25/h13-19,29H,3-10,12,25H2,1-2H3/t13?,14?,15-,16?,17?,18+,19-,21?,22?,23+/m1/s1. The van der Waals surface area contributed by atoms with Crippen LogP contribution in [0.25, 0.3) is 0 Å². The third kappa shape index (κ3) is 2.05. The van der Waals surface area contributed by atoms with Crippen LogP contribution in [0.4, 0.5) is 0 Å². The van der Waals surface area contributed by atoms with Crippen molar-refractivity contribution < 1.29 is 9.90 Å².